The van der Waals surface area contributed by atoms with E-state index in [1.807, 2.05) is 13.8 Å². The summed E-state index contributed by atoms with van der Waals surface area (Å²) in [6, 6.07) is 0. The van der Waals surface area contributed by atoms with Crippen LogP contribution in [-0.2, 0) is 9.53 Å². The van der Waals surface area contributed by atoms with E-state index in [9.17, 15) is 9.90 Å². The number of cyclic esters (lactones) is 1. The highest BCUT2D eigenvalue weighted by Crippen LogP contribution is 2.55. The van der Waals surface area contributed by atoms with Gasteiger partial charge in [0, 0.05) is 11.5 Å². The van der Waals surface area contributed by atoms with Crippen LogP contribution in [-0.4, -0.2) is 23.8 Å². The van der Waals surface area contributed by atoms with Crippen molar-refractivity contribution in [2.24, 2.45) is 16.7 Å². The van der Waals surface area contributed by atoms with Crippen LogP contribution < -0.4 is 0 Å². The molecule has 0 bridgehead atoms. The fourth-order valence-corrected chi connectivity index (χ4v) is 3.84. The molecule has 1 N–H and O–H groups in total. The second-order valence-corrected chi connectivity index (χ2v) is 6.84. The van der Waals surface area contributed by atoms with Gasteiger partial charge in [-0.2, -0.15) is 0 Å². The zero-order valence-corrected chi connectivity index (χ0v) is 11.4. The van der Waals surface area contributed by atoms with Crippen molar-refractivity contribution < 1.29 is 14.6 Å². The molecule has 0 aromatic rings. The maximum absolute atomic E-state index is 11.9. The molecule has 3 atom stereocenters. The number of rotatable bonds is 0. The van der Waals surface area contributed by atoms with Gasteiger partial charge in [0.2, 0.25) is 0 Å². The van der Waals surface area contributed by atoms with Crippen molar-refractivity contribution in [3.05, 3.63) is 22.8 Å². The van der Waals surface area contributed by atoms with E-state index in [-0.39, 0.29) is 22.7 Å². The number of hydrogen-bond donors (Lipinski definition) is 1. The number of allylic oxidation sites excluding steroid dienone is 1. The molecule has 3 unspecified atom stereocenters. The number of carbonyl (C=O) groups is 1. The van der Waals surface area contributed by atoms with Crippen molar-refractivity contribution in [2.75, 3.05) is 6.61 Å². The molecule has 1 aliphatic heterocycles. The number of carbonyl (C=O) groups excluding carboxylic acids is 1. The van der Waals surface area contributed by atoms with Crippen molar-refractivity contribution in [1.82, 2.24) is 0 Å². The van der Waals surface area contributed by atoms with Crippen molar-refractivity contribution >= 4 is 5.97 Å². The van der Waals surface area contributed by atoms with Gasteiger partial charge in [0.25, 0.3) is 0 Å². The van der Waals surface area contributed by atoms with Crippen LogP contribution in [0, 0.1) is 16.7 Å². The predicted molar refractivity (Wildman–Crippen MR) is 67.7 cm³/mol. The van der Waals surface area contributed by atoms with E-state index >= 15 is 0 Å². The average Bonchev–Trinajstić information content (AvgIpc) is 2.68. The molecule has 0 spiro atoms. The molecule has 18 heavy (non-hydrogen) atoms. The van der Waals surface area contributed by atoms with E-state index < -0.39 is 6.10 Å². The molecule has 1 saturated carbocycles. The van der Waals surface area contributed by atoms with E-state index in [1.165, 1.54) is 0 Å². The third kappa shape index (κ3) is 1.31. The molecule has 0 radical (unpaired) electrons. The third-order valence-electron chi connectivity index (χ3n) is 4.87. The standard InChI is InChI=1S/C15H20O3/c1-8-9-5-14(2,3)12(16)10(9)6-15(4)7-18-13(17)11(8)15/h6,9,12,16H,5,7H2,1-4H3. The Labute approximate surface area is 108 Å². The molecule has 0 amide bonds. The maximum Gasteiger partial charge on any atom is 0.335 e. The number of fused-ring (bicyclic) bond motifs is 2. The van der Waals surface area contributed by atoms with Crippen LogP contribution in [0.25, 0.3) is 0 Å². The third-order valence-corrected chi connectivity index (χ3v) is 4.87. The first-order chi connectivity index (χ1) is 8.26. The highest BCUT2D eigenvalue weighted by molar-refractivity contribution is 5.94. The lowest BCUT2D eigenvalue weighted by Crippen LogP contribution is -2.28. The summed E-state index contributed by atoms with van der Waals surface area (Å²) in [5.74, 6) is 0.0354. The van der Waals surface area contributed by atoms with Gasteiger partial charge in [-0.05, 0) is 31.3 Å². The quantitative estimate of drug-likeness (QED) is 0.528. The minimum Gasteiger partial charge on any atom is -0.461 e. The zero-order chi connectivity index (χ0) is 13.3. The fourth-order valence-electron chi connectivity index (χ4n) is 3.84. The Morgan fingerprint density at radius 3 is 2.72 bits per heavy atom. The minimum absolute atomic E-state index is 0.114. The lowest BCUT2D eigenvalue weighted by Gasteiger charge is -2.30. The van der Waals surface area contributed by atoms with E-state index in [2.05, 4.69) is 19.9 Å². The van der Waals surface area contributed by atoms with Gasteiger partial charge < -0.3 is 9.84 Å². The van der Waals surface area contributed by atoms with Crippen LogP contribution in [0.1, 0.15) is 34.1 Å². The first kappa shape index (κ1) is 12.0. The first-order valence-electron chi connectivity index (χ1n) is 6.55. The smallest absolute Gasteiger partial charge is 0.335 e. The van der Waals surface area contributed by atoms with Gasteiger partial charge in [-0.25, -0.2) is 4.79 Å². The SMILES string of the molecule is CC1=C2C(=O)OCC2(C)C=C2C1CC(C)(C)C2O. The Morgan fingerprint density at radius 1 is 1.39 bits per heavy atom. The number of ether oxygens (including phenoxy) is 1. The Hall–Kier alpha value is -1.09. The Bertz CT molecular complexity index is 498. The lowest BCUT2D eigenvalue weighted by atomic mass is 9.71. The highest BCUT2D eigenvalue weighted by Gasteiger charge is 2.52. The van der Waals surface area contributed by atoms with Gasteiger partial charge in [0.05, 0.1) is 11.5 Å². The second-order valence-electron chi connectivity index (χ2n) is 6.84. The number of hydrogen-bond acceptors (Lipinski definition) is 3. The topological polar surface area (TPSA) is 46.5 Å². The summed E-state index contributed by atoms with van der Waals surface area (Å²) in [5.41, 5.74) is 2.55. The van der Waals surface area contributed by atoms with Crippen LogP contribution in [0.5, 0.6) is 0 Å². The van der Waals surface area contributed by atoms with Gasteiger partial charge in [0.15, 0.2) is 0 Å². The number of aliphatic hydroxyl groups excluding tert-OH is 1. The van der Waals surface area contributed by atoms with Crippen molar-refractivity contribution in [1.29, 1.82) is 0 Å². The van der Waals surface area contributed by atoms with Crippen LogP contribution in [0.3, 0.4) is 0 Å². The van der Waals surface area contributed by atoms with Crippen LogP contribution in [0.15, 0.2) is 22.8 Å². The summed E-state index contributed by atoms with van der Waals surface area (Å²) < 4.78 is 5.20. The molecule has 3 heteroatoms. The molecule has 3 rings (SSSR count). The van der Waals surface area contributed by atoms with Crippen LogP contribution in [0.4, 0.5) is 0 Å². The molecule has 3 nitrogen and oxygen atoms in total. The molecule has 2 aliphatic carbocycles. The van der Waals surface area contributed by atoms with Gasteiger partial charge in [-0.1, -0.05) is 25.5 Å². The van der Waals surface area contributed by atoms with Crippen LogP contribution in [0.2, 0.25) is 0 Å². The van der Waals surface area contributed by atoms with Crippen molar-refractivity contribution in [3.8, 4) is 0 Å². The van der Waals surface area contributed by atoms with Gasteiger partial charge in [-0.3, -0.25) is 0 Å². The van der Waals surface area contributed by atoms with Gasteiger partial charge >= 0.3 is 5.97 Å². The summed E-state index contributed by atoms with van der Waals surface area (Å²) in [6.45, 7) is 8.63. The molecule has 1 heterocycles. The highest BCUT2D eigenvalue weighted by atomic mass is 16.5. The summed E-state index contributed by atoms with van der Waals surface area (Å²) in [4.78, 5) is 11.9. The molecule has 98 valence electrons. The summed E-state index contributed by atoms with van der Waals surface area (Å²) in [6.07, 6.45) is 2.58. The fraction of sp³-hybridized carbons (Fsp3) is 0.667. The first-order valence-corrected chi connectivity index (χ1v) is 6.55. The molecule has 1 saturated heterocycles. The van der Waals surface area contributed by atoms with Gasteiger partial charge in [0.1, 0.15) is 6.61 Å². The second kappa shape index (κ2) is 3.27. The Balaban J connectivity index is 2.15. The van der Waals surface area contributed by atoms with E-state index in [4.69, 9.17) is 4.74 Å². The minimum atomic E-state index is -0.411. The van der Waals surface area contributed by atoms with Crippen molar-refractivity contribution in [3.63, 3.8) is 0 Å². The van der Waals surface area contributed by atoms with E-state index in [0.29, 0.717) is 6.61 Å². The molecule has 0 aromatic heterocycles. The summed E-state index contributed by atoms with van der Waals surface area (Å²) >= 11 is 0. The Morgan fingerprint density at radius 2 is 2.06 bits per heavy atom. The lowest BCUT2D eigenvalue weighted by molar-refractivity contribution is -0.135. The molecule has 0 aromatic carbocycles. The summed E-state index contributed by atoms with van der Waals surface area (Å²) in [7, 11) is 0. The number of esters is 1. The molecular weight excluding hydrogens is 228 g/mol. The Kier molecular flexibility index (Phi) is 2.17. The average molecular weight is 248 g/mol. The molecular formula is C15H20O3. The largest absolute Gasteiger partial charge is 0.461 e. The normalized spacial score (nSPS) is 41.4. The molecule has 2 fully saturated rings. The predicted octanol–water partition coefficient (Wildman–Crippen LogP) is 2.21. The summed E-state index contributed by atoms with van der Waals surface area (Å²) in [5, 5.41) is 10.5. The maximum atomic E-state index is 11.9. The van der Waals surface area contributed by atoms with Crippen LogP contribution >= 0.6 is 0 Å². The zero-order valence-electron chi connectivity index (χ0n) is 11.4. The molecule has 3 aliphatic rings. The van der Waals surface area contributed by atoms with E-state index in [0.717, 1.165) is 23.1 Å². The van der Waals surface area contributed by atoms with Gasteiger partial charge in [-0.15, -0.1) is 0 Å². The van der Waals surface area contributed by atoms with E-state index in [1.54, 1.807) is 0 Å². The number of aliphatic hydroxyl groups is 1. The van der Waals surface area contributed by atoms with Crippen molar-refractivity contribution in [2.45, 2.75) is 40.2 Å². The monoisotopic (exact) mass is 248 g/mol.